The summed E-state index contributed by atoms with van der Waals surface area (Å²) in [5.74, 6) is -0.319. The van der Waals surface area contributed by atoms with E-state index < -0.39 is 18.6 Å². The Labute approximate surface area is 121 Å². The molecule has 1 aromatic rings. The standard InChI is InChI=1S/C12H17F3N2O2.ClH/c1-2-3-4-17(8-12(13,14)15)11(18)9-5-10(6-16)19-7-9;/h5,7H,2-4,6,8,16H2,1H3;1H. The molecule has 1 aromatic heterocycles. The topological polar surface area (TPSA) is 59.5 Å². The number of hydrogen-bond acceptors (Lipinski definition) is 3. The highest BCUT2D eigenvalue weighted by Crippen LogP contribution is 2.19. The second-order valence-electron chi connectivity index (χ2n) is 4.20. The molecular weight excluding hydrogens is 297 g/mol. The van der Waals surface area contributed by atoms with E-state index in [9.17, 15) is 18.0 Å². The SMILES string of the molecule is CCCCN(CC(F)(F)F)C(=O)c1coc(CN)c1.Cl. The van der Waals surface area contributed by atoms with E-state index in [-0.39, 0.29) is 31.1 Å². The lowest BCUT2D eigenvalue weighted by Crippen LogP contribution is -2.39. The van der Waals surface area contributed by atoms with Crippen molar-refractivity contribution in [3.63, 3.8) is 0 Å². The van der Waals surface area contributed by atoms with Crippen LogP contribution in [0, 0.1) is 0 Å². The highest BCUT2D eigenvalue weighted by Gasteiger charge is 2.33. The predicted octanol–water partition coefficient (Wildman–Crippen LogP) is 2.96. The predicted molar refractivity (Wildman–Crippen MR) is 70.7 cm³/mol. The van der Waals surface area contributed by atoms with Gasteiger partial charge in [-0.25, -0.2) is 0 Å². The molecule has 0 saturated carbocycles. The molecule has 0 atom stereocenters. The molecule has 0 bridgehead atoms. The molecule has 0 aromatic carbocycles. The van der Waals surface area contributed by atoms with Crippen LogP contribution in [0.1, 0.15) is 35.9 Å². The van der Waals surface area contributed by atoms with Gasteiger partial charge in [-0.2, -0.15) is 13.2 Å². The molecule has 116 valence electrons. The zero-order chi connectivity index (χ0) is 14.5. The van der Waals surface area contributed by atoms with Crippen LogP contribution in [0.3, 0.4) is 0 Å². The highest BCUT2D eigenvalue weighted by atomic mass is 35.5. The Balaban J connectivity index is 0.00000361. The van der Waals surface area contributed by atoms with Crippen molar-refractivity contribution in [3.8, 4) is 0 Å². The molecule has 0 unspecified atom stereocenters. The van der Waals surface area contributed by atoms with Crippen molar-refractivity contribution in [1.82, 2.24) is 4.90 Å². The maximum atomic E-state index is 12.4. The van der Waals surface area contributed by atoms with E-state index in [0.29, 0.717) is 18.6 Å². The summed E-state index contributed by atoms with van der Waals surface area (Å²) in [6.45, 7) is 0.759. The Morgan fingerprint density at radius 3 is 2.55 bits per heavy atom. The van der Waals surface area contributed by atoms with Crippen molar-refractivity contribution in [2.24, 2.45) is 5.73 Å². The zero-order valence-corrected chi connectivity index (χ0v) is 11.9. The average Bonchev–Trinajstić information content (AvgIpc) is 2.80. The number of rotatable bonds is 6. The van der Waals surface area contributed by atoms with Gasteiger partial charge in [0, 0.05) is 6.54 Å². The first kappa shape index (κ1) is 18.8. The van der Waals surface area contributed by atoms with E-state index in [2.05, 4.69) is 0 Å². The zero-order valence-electron chi connectivity index (χ0n) is 11.1. The van der Waals surface area contributed by atoms with Crippen LogP contribution >= 0.6 is 12.4 Å². The van der Waals surface area contributed by atoms with Gasteiger partial charge in [-0.1, -0.05) is 13.3 Å². The molecule has 20 heavy (non-hydrogen) atoms. The fraction of sp³-hybridized carbons (Fsp3) is 0.583. The molecule has 1 amide bonds. The minimum Gasteiger partial charge on any atom is -0.467 e. The molecule has 0 aliphatic carbocycles. The van der Waals surface area contributed by atoms with Gasteiger partial charge in [-0.15, -0.1) is 12.4 Å². The van der Waals surface area contributed by atoms with Gasteiger partial charge in [0.05, 0.1) is 12.1 Å². The van der Waals surface area contributed by atoms with Gasteiger partial charge < -0.3 is 15.1 Å². The lowest BCUT2D eigenvalue weighted by molar-refractivity contribution is -0.140. The third-order valence-corrected chi connectivity index (χ3v) is 2.54. The molecule has 8 heteroatoms. The first-order chi connectivity index (χ1) is 8.87. The molecule has 4 nitrogen and oxygen atoms in total. The van der Waals surface area contributed by atoms with E-state index in [1.165, 1.54) is 6.07 Å². The summed E-state index contributed by atoms with van der Waals surface area (Å²) in [6, 6.07) is 1.37. The van der Waals surface area contributed by atoms with Gasteiger partial charge in [0.25, 0.3) is 5.91 Å². The molecule has 1 heterocycles. The minimum absolute atomic E-state index is 0. The number of nitrogens with two attached hydrogens (primary N) is 1. The number of amides is 1. The molecule has 0 spiro atoms. The Bertz CT molecular complexity index is 421. The van der Waals surface area contributed by atoms with Gasteiger partial charge in [0.1, 0.15) is 18.6 Å². The second kappa shape index (κ2) is 8.16. The van der Waals surface area contributed by atoms with Gasteiger partial charge in [-0.3, -0.25) is 4.79 Å². The van der Waals surface area contributed by atoms with Crippen molar-refractivity contribution in [2.45, 2.75) is 32.5 Å². The Hall–Kier alpha value is -1.21. The normalized spacial score (nSPS) is 11.1. The van der Waals surface area contributed by atoms with Crippen LogP contribution in [0.5, 0.6) is 0 Å². The van der Waals surface area contributed by atoms with E-state index >= 15 is 0 Å². The van der Waals surface area contributed by atoms with Gasteiger partial charge in [0.2, 0.25) is 0 Å². The van der Waals surface area contributed by atoms with Gasteiger partial charge >= 0.3 is 6.18 Å². The number of nitrogens with zero attached hydrogens (tertiary/aromatic N) is 1. The Kier molecular flexibility index (Phi) is 7.67. The summed E-state index contributed by atoms with van der Waals surface area (Å²) in [5, 5.41) is 0. The van der Waals surface area contributed by atoms with Crippen LogP contribution in [0.4, 0.5) is 13.2 Å². The minimum atomic E-state index is -4.41. The fourth-order valence-corrected chi connectivity index (χ4v) is 1.60. The van der Waals surface area contributed by atoms with Crippen LogP contribution in [0.2, 0.25) is 0 Å². The highest BCUT2D eigenvalue weighted by molar-refractivity contribution is 5.94. The maximum absolute atomic E-state index is 12.4. The van der Waals surface area contributed by atoms with Crippen LogP contribution in [-0.2, 0) is 6.54 Å². The van der Waals surface area contributed by atoms with E-state index in [0.717, 1.165) is 11.2 Å². The van der Waals surface area contributed by atoms with Gasteiger partial charge in [0.15, 0.2) is 0 Å². The lowest BCUT2D eigenvalue weighted by Gasteiger charge is -2.23. The van der Waals surface area contributed by atoms with Crippen molar-refractivity contribution >= 4 is 18.3 Å². The molecule has 0 fully saturated rings. The van der Waals surface area contributed by atoms with Crippen LogP contribution < -0.4 is 5.73 Å². The van der Waals surface area contributed by atoms with E-state index in [4.69, 9.17) is 10.2 Å². The Morgan fingerprint density at radius 1 is 1.45 bits per heavy atom. The molecule has 0 radical (unpaired) electrons. The van der Waals surface area contributed by atoms with Crippen LogP contribution in [-0.4, -0.2) is 30.1 Å². The third-order valence-electron chi connectivity index (χ3n) is 2.54. The number of carbonyl (C=O) groups is 1. The van der Waals surface area contributed by atoms with E-state index in [1.807, 2.05) is 6.92 Å². The monoisotopic (exact) mass is 314 g/mol. The number of unbranched alkanes of at least 4 members (excludes halogenated alkanes) is 1. The van der Waals surface area contributed by atoms with Crippen molar-refractivity contribution < 1.29 is 22.4 Å². The smallest absolute Gasteiger partial charge is 0.406 e. The summed E-state index contributed by atoms with van der Waals surface area (Å²) in [4.78, 5) is 12.8. The summed E-state index contributed by atoms with van der Waals surface area (Å²) in [5.41, 5.74) is 5.42. The average molecular weight is 315 g/mol. The maximum Gasteiger partial charge on any atom is 0.406 e. The van der Waals surface area contributed by atoms with Crippen LogP contribution in [0.25, 0.3) is 0 Å². The molecule has 0 saturated heterocycles. The number of alkyl halides is 3. The largest absolute Gasteiger partial charge is 0.467 e. The number of hydrogen-bond donors (Lipinski definition) is 1. The molecule has 2 N–H and O–H groups in total. The third kappa shape index (κ3) is 5.83. The molecule has 0 aliphatic heterocycles. The summed E-state index contributed by atoms with van der Waals surface area (Å²) in [6.07, 6.45) is -2.05. The fourth-order valence-electron chi connectivity index (χ4n) is 1.60. The first-order valence-corrected chi connectivity index (χ1v) is 6.01. The number of furan rings is 1. The quantitative estimate of drug-likeness (QED) is 0.878. The molecule has 0 aliphatic rings. The summed E-state index contributed by atoms with van der Waals surface area (Å²) >= 11 is 0. The lowest BCUT2D eigenvalue weighted by atomic mass is 10.2. The molecule has 1 rings (SSSR count). The van der Waals surface area contributed by atoms with Crippen molar-refractivity contribution in [3.05, 3.63) is 23.7 Å². The van der Waals surface area contributed by atoms with Crippen molar-refractivity contribution in [1.29, 1.82) is 0 Å². The Morgan fingerprint density at radius 2 is 2.10 bits per heavy atom. The number of carbonyl (C=O) groups excluding carboxylic acids is 1. The van der Waals surface area contributed by atoms with E-state index in [1.54, 1.807) is 0 Å². The first-order valence-electron chi connectivity index (χ1n) is 6.01. The van der Waals surface area contributed by atoms with Crippen molar-refractivity contribution in [2.75, 3.05) is 13.1 Å². The van der Waals surface area contributed by atoms with Crippen LogP contribution in [0.15, 0.2) is 16.7 Å². The van der Waals surface area contributed by atoms with Gasteiger partial charge in [-0.05, 0) is 12.5 Å². The molecular formula is C12H18ClF3N2O2. The summed E-state index contributed by atoms with van der Waals surface area (Å²) in [7, 11) is 0. The number of halogens is 4. The summed E-state index contributed by atoms with van der Waals surface area (Å²) < 4.78 is 42.3. The second-order valence-corrected chi connectivity index (χ2v) is 4.20.